The van der Waals surface area contributed by atoms with E-state index in [2.05, 4.69) is 16.4 Å². The molecule has 8 heteroatoms. The first-order valence-electron chi connectivity index (χ1n) is 9.92. The van der Waals surface area contributed by atoms with Crippen molar-refractivity contribution in [1.82, 2.24) is 9.88 Å². The van der Waals surface area contributed by atoms with Crippen LogP contribution in [0.25, 0.3) is 6.08 Å². The van der Waals surface area contributed by atoms with E-state index in [0.29, 0.717) is 35.9 Å². The summed E-state index contributed by atoms with van der Waals surface area (Å²) in [5.74, 6) is -0.303. The van der Waals surface area contributed by atoms with E-state index in [4.69, 9.17) is 4.74 Å². The van der Waals surface area contributed by atoms with E-state index in [1.165, 1.54) is 17.4 Å². The molecule has 1 atom stereocenters. The first kappa shape index (κ1) is 20.1. The van der Waals surface area contributed by atoms with Crippen LogP contribution in [0.15, 0.2) is 30.6 Å². The SMILES string of the molecule is CN(C(=O)OC1CCc2c(sc(NC(=O)/C=C/c3cccnc3)c2C#N)C1)C1CC1. The highest BCUT2D eigenvalue weighted by Crippen LogP contribution is 2.38. The average Bonchev–Trinajstić information content (AvgIpc) is 3.54. The molecular weight excluding hydrogens is 400 g/mol. The fraction of sp³-hybridized carbons (Fsp3) is 0.364. The molecule has 1 N–H and O–H groups in total. The number of carbonyl (C=O) groups is 2. The Morgan fingerprint density at radius 2 is 2.23 bits per heavy atom. The number of hydrogen-bond acceptors (Lipinski definition) is 6. The summed E-state index contributed by atoms with van der Waals surface area (Å²) in [4.78, 5) is 31.3. The van der Waals surface area contributed by atoms with E-state index in [1.54, 1.807) is 36.5 Å². The number of carbonyl (C=O) groups excluding carboxylic acids is 2. The molecule has 2 aromatic heterocycles. The minimum absolute atomic E-state index is 0.203. The van der Waals surface area contributed by atoms with Crippen LogP contribution in [-0.2, 0) is 22.4 Å². The number of fused-ring (bicyclic) bond motifs is 1. The van der Waals surface area contributed by atoms with Crippen molar-refractivity contribution in [3.63, 3.8) is 0 Å². The Hall–Kier alpha value is -3.18. The number of nitriles is 1. The fourth-order valence-corrected chi connectivity index (χ4v) is 4.76. The van der Waals surface area contributed by atoms with Crippen LogP contribution in [0.1, 0.15) is 40.8 Å². The van der Waals surface area contributed by atoms with Crippen LogP contribution < -0.4 is 5.32 Å². The van der Waals surface area contributed by atoms with E-state index < -0.39 is 0 Å². The second kappa shape index (κ2) is 8.67. The Bertz CT molecular complexity index is 1020. The normalized spacial score (nSPS) is 17.8. The van der Waals surface area contributed by atoms with E-state index in [1.807, 2.05) is 6.07 Å². The minimum Gasteiger partial charge on any atom is -0.446 e. The summed E-state index contributed by atoms with van der Waals surface area (Å²) in [6.45, 7) is 0. The number of ether oxygens (including phenoxy) is 1. The molecule has 2 aromatic rings. The van der Waals surface area contributed by atoms with Crippen molar-refractivity contribution in [1.29, 1.82) is 5.26 Å². The topological polar surface area (TPSA) is 95.3 Å². The number of amides is 2. The zero-order valence-corrected chi connectivity index (χ0v) is 17.4. The average molecular weight is 423 g/mol. The number of pyridine rings is 1. The summed E-state index contributed by atoms with van der Waals surface area (Å²) in [6.07, 6.45) is 9.92. The lowest BCUT2D eigenvalue weighted by Crippen LogP contribution is -2.34. The lowest BCUT2D eigenvalue weighted by atomic mass is 9.94. The van der Waals surface area contributed by atoms with Crippen LogP contribution in [0.5, 0.6) is 0 Å². The number of anilines is 1. The number of nitrogens with zero attached hydrogens (tertiary/aromatic N) is 3. The Morgan fingerprint density at radius 1 is 1.40 bits per heavy atom. The molecule has 2 amide bonds. The largest absolute Gasteiger partial charge is 0.446 e. The Labute approximate surface area is 179 Å². The molecule has 0 saturated heterocycles. The summed E-state index contributed by atoms with van der Waals surface area (Å²) in [5.41, 5.74) is 2.29. The van der Waals surface area contributed by atoms with Crippen molar-refractivity contribution in [3.05, 3.63) is 52.2 Å². The molecule has 0 spiro atoms. The Morgan fingerprint density at radius 3 is 2.93 bits per heavy atom. The van der Waals surface area contributed by atoms with Crippen molar-refractivity contribution >= 4 is 34.4 Å². The third-order valence-corrected chi connectivity index (χ3v) is 6.50. The molecule has 7 nitrogen and oxygen atoms in total. The molecule has 0 aromatic carbocycles. The van der Waals surface area contributed by atoms with Gasteiger partial charge >= 0.3 is 6.09 Å². The monoisotopic (exact) mass is 422 g/mol. The Kier molecular flexibility index (Phi) is 5.81. The Balaban J connectivity index is 1.42. The van der Waals surface area contributed by atoms with Crippen LogP contribution >= 0.6 is 11.3 Å². The van der Waals surface area contributed by atoms with Crippen molar-refractivity contribution in [2.75, 3.05) is 12.4 Å². The van der Waals surface area contributed by atoms with Crippen LogP contribution in [0, 0.1) is 11.3 Å². The maximum Gasteiger partial charge on any atom is 0.410 e. The molecule has 0 aliphatic heterocycles. The van der Waals surface area contributed by atoms with E-state index >= 15 is 0 Å². The number of thiophene rings is 1. The highest BCUT2D eigenvalue weighted by Gasteiger charge is 2.33. The van der Waals surface area contributed by atoms with Gasteiger partial charge in [-0.05, 0) is 49.0 Å². The molecule has 154 valence electrons. The molecule has 2 heterocycles. The molecule has 2 aliphatic carbocycles. The van der Waals surface area contributed by atoms with Gasteiger partial charge < -0.3 is 15.0 Å². The van der Waals surface area contributed by atoms with Crippen LogP contribution in [0.4, 0.5) is 9.80 Å². The second-order valence-corrected chi connectivity index (χ2v) is 8.62. The third kappa shape index (κ3) is 4.52. The predicted molar refractivity (Wildman–Crippen MR) is 114 cm³/mol. The standard InChI is InChI=1S/C22H22N4O3S/c1-26(15-5-6-15)22(28)29-16-7-8-17-18(12-23)21(30-19(17)11-16)25-20(27)9-4-14-3-2-10-24-13-14/h2-4,9-10,13,15-16H,5-8,11H2,1H3,(H,25,27)/b9-4+. The zero-order valence-electron chi connectivity index (χ0n) is 16.6. The van der Waals surface area contributed by atoms with Crippen LogP contribution in [0.3, 0.4) is 0 Å². The maximum absolute atomic E-state index is 12.3. The number of nitrogens with one attached hydrogen (secondary N) is 1. The molecule has 1 fully saturated rings. The highest BCUT2D eigenvalue weighted by molar-refractivity contribution is 7.16. The number of hydrogen-bond donors (Lipinski definition) is 1. The van der Waals surface area contributed by atoms with Crippen molar-refractivity contribution in [2.45, 2.75) is 44.2 Å². The van der Waals surface area contributed by atoms with Gasteiger partial charge in [-0.15, -0.1) is 11.3 Å². The molecule has 0 bridgehead atoms. The van der Waals surface area contributed by atoms with Crippen LogP contribution in [0.2, 0.25) is 0 Å². The van der Waals surface area contributed by atoms with Gasteiger partial charge in [-0.25, -0.2) is 4.79 Å². The van der Waals surface area contributed by atoms with Crippen molar-refractivity contribution in [3.8, 4) is 6.07 Å². The molecule has 30 heavy (non-hydrogen) atoms. The molecule has 0 radical (unpaired) electrons. The highest BCUT2D eigenvalue weighted by atomic mass is 32.1. The zero-order chi connectivity index (χ0) is 21.1. The summed E-state index contributed by atoms with van der Waals surface area (Å²) in [5, 5.41) is 13.0. The summed E-state index contributed by atoms with van der Waals surface area (Å²) in [6, 6.07) is 6.18. The minimum atomic E-state index is -0.303. The van der Waals surface area contributed by atoms with Crippen LogP contribution in [-0.4, -0.2) is 41.1 Å². The van der Waals surface area contributed by atoms with Gasteiger partial charge in [-0.3, -0.25) is 9.78 Å². The van der Waals surface area contributed by atoms with Gasteiger partial charge in [0.05, 0.1) is 5.56 Å². The molecular formula is C22H22N4O3S. The molecule has 4 rings (SSSR count). The van der Waals surface area contributed by atoms with Gasteiger partial charge in [-0.2, -0.15) is 5.26 Å². The van der Waals surface area contributed by atoms with Crippen molar-refractivity contribution in [2.24, 2.45) is 0 Å². The van der Waals surface area contributed by atoms with E-state index in [0.717, 1.165) is 28.8 Å². The lowest BCUT2D eigenvalue weighted by molar-refractivity contribution is -0.111. The molecule has 1 unspecified atom stereocenters. The lowest BCUT2D eigenvalue weighted by Gasteiger charge is -2.25. The number of rotatable bonds is 5. The second-order valence-electron chi connectivity index (χ2n) is 7.52. The van der Waals surface area contributed by atoms with Gasteiger partial charge in [0.1, 0.15) is 17.2 Å². The smallest absolute Gasteiger partial charge is 0.410 e. The van der Waals surface area contributed by atoms with Gasteiger partial charge in [0, 0.05) is 42.9 Å². The molecule has 1 saturated carbocycles. The van der Waals surface area contributed by atoms with Gasteiger partial charge in [0.15, 0.2) is 0 Å². The maximum atomic E-state index is 12.3. The first-order valence-corrected chi connectivity index (χ1v) is 10.7. The summed E-state index contributed by atoms with van der Waals surface area (Å²) < 4.78 is 5.67. The quantitative estimate of drug-likeness (QED) is 0.741. The van der Waals surface area contributed by atoms with E-state index in [9.17, 15) is 14.9 Å². The van der Waals surface area contributed by atoms with Gasteiger partial charge in [0.2, 0.25) is 5.91 Å². The van der Waals surface area contributed by atoms with E-state index in [-0.39, 0.29) is 18.1 Å². The summed E-state index contributed by atoms with van der Waals surface area (Å²) >= 11 is 1.39. The third-order valence-electron chi connectivity index (χ3n) is 5.33. The summed E-state index contributed by atoms with van der Waals surface area (Å²) in [7, 11) is 1.78. The van der Waals surface area contributed by atoms with Crippen molar-refractivity contribution < 1.29 is 14.3 Å². The number of aromatic nitrogens is 1. The fourth-order valence-electron chi connectivity index (χ4n) is 3.50. The van der Waals surface area contributed by atoms with Gasteiger partial charge in [-0.1, -0.05) is 6.07 Å². The van der Waals surface area contributed by atoms with Gasteiger partial charge in [0.25, 0.3) is 0 Å². The first-order chi connectivity index (χ1) is 14.5. The predicted octanol–water partition coefficient (Wildman–Crippen LogP) is 3.75. The molecule has 2 aliphatic rings.